The fourth-order valence-electron chi connectivity index (χ4n) is 2.23. The van der Waals surface area contributed by atoms with Crippen molar-refractivity contribution < 1.29 is 19.4 Å². The van der Waals surface area contributed by atoms with Crippen LogP contribution in [-0.4, -0.2) is 33.8 Å². The van der Waals surface area contributed by atoms with Crippen LogP contribution in [0.2, 0.25) is 0 Å². The van der Waals surface area contributed by atoms with Crippen molar-refractivity contribution in [1.29, 1.82) is 0 Å². The number of amides is 1. The summed E-state index contributed by atoms with van der Waals surface area (Å²) in [6.07, 6.45) is 2.57. The lowest BCUT2D eigenvalue weighted by atomic mass is 10.1. The highest BCUT2D eigenvalue weighted by molar-refractivity contribution is 6.11. The Morgan fingerprint density at radius 2 is 1.92 bits per heavy atom. The van der Waals surface area contributed by atoms with E-state index in [-0.39, 0.29) is 16.9 Å². The number of para-hydroxylation sites is 1. The molecule has 0 spiro atoms. The van der Waals surface area contributed by atoms with Gasteiger partial charge < -0.3 is 15.2 Å². The fraction of sp³-hybridized carbons (Fsp3) is 0.0556. The maximum absolute atomic E-state index is 12.5. The average Bonchev–Trinajstić information content (AvgIpc) is 3.13. The average molecular weight is 337 g/mol. The summed E-state index contributed by atoms with van der Waals surface area (Å²) >= 11 is 0. The van der Waals surface area contributed by atoms with Crippen molar-refractivity contribution in [2.24, 2.45) is 0 Å². The Bertz CT molecular complexity index is 919. The Morgan fingerprint density at radius 3 is 2.64 bits per heavy atom. The highest BCUT2D eigenvalue weighted by Gasteiger charge is 2.18. The number of carbonyl (C=O) groups excluding carboxylic acids is 2. The predicted octanol–water partition coefficient (Wildman–Crippen LogP) is 2.91. The minimum atomic E-state index is -0.500. The Hall–Kier alpha value is -3.61. The van der Waals surface area contributed by atoms with E-state index in [1.165, 1.54) is 31.6 Å². The van der Waals surface area contributed by atoms with Crippen LogP contribution in [0.1, 0.15) is 15.9 Å². The number of carbonyl (C=O) groups is 2. The Morgan fingerprint density at radius 1 is 1.16 bits per heavy atom. The molecule has 7 nitrogen and oxygen atoms in total. The molecule has 3 aromatic rings. The van der Waals surface area contributed by atoms with E-state index in [4.69, 9.17) is 4.74 Å². The zero-order valence-electron chi connectivity index (χ0n) is 13.3. The topological polar surface area (TPSA) is 93.4 Å². The number of nitrogens with one attached hydrogen (secondary N) is 1. The largest absolute Gasteiger partial charge is 0.507 e. The lowest BCUT2D eigenvalue weighted by Crippen LogP contribution is -2.19. The SMILES string of the molecule is COc1ccc(O)c(C(=O)c2cnn(C(=O)Nc3ccccc3)c2)c1. The second-order valence-electron chi connectivity index (χ2n) is 5.18. The Kier molecular flexibility index (Phi) is 4.47. The van der Waals surface area contributed by atoms with Gasteiger partial charge in [-0.3, -0.25) is 4.79 Å². The van der Waals surface area contributed by atoms with E-state index >= 15 is 0 Å². The number of phenolic OH excluding ortho intramolecular Hbond substituents is 1. The number of phenols is 1. The number of benzene rings is 2. The number of rotatable bonds is 4. The number of hydrogen-bond acceptors (Lipinski definition) is 5. The van der Waals surface area contributed by atoms with Gasteiger partial charge in [-0.25, -0.2) is 4.79 Å². The van der Waals surface area contributed by atoms with Crippen LogP contribution < -0.4 is 10.1 Å². The minimum Gasteiger partial charge on any atom is -0.507 e. The number of aromatic hydroxyl groups is 1. The summed E-state index contributed by atoms with van der Waals surface area (Å²) in [5, 5.41) is 16.5. The molecule has 0 bridgehead atoms. The molecule has 0 saturated carbocycles. The normalized spacial score (nSPS) is 10.3. The molecule has 2 N–H and O–H groups in total. The van der Waals surface area contributed by atoms with Crippen LogP contribution >= 0.6 is 0 Å². The maximum atomic E-state index is 12.5. The van der Waals surface area contributed by atoms with E-state index in [1.54, 1.807) is 30.3 Å². The van der Waals surface area contributed by atoms with Gasteiger partial charge in [0.1, 0.15) is 11.5 Å². The first-order valence-electron chi connectivity index (χ1n) is 7.41. The van der Waals surface area contributed by atoms with Gasteiger partial charge in [-0.15, -0.1) is 0 Å². The molecule has 7 heteroatoms. The molecule has 0 aliphatic heterocycles. The number of ketones is 1. The Balaban J connectivity index is 1.81. The molecule has 0 aliphatic carbocycles. The molecule has 3 rings (SSSR count). The smallest absolute Gasteiger partial charge is 0.346 e. The van der Waals surface area contributed by atoms with Crippen LogP contribution in [0.25, 0.3) is 0 Å². The molecule has 1 aromatic heterocycles. The van der Waals surface area contributed by atoms with Gasteiger partial charge in [-0.2, -0.15) is 9.78 Å². The van der Waals surface area contributed by atoms with E-state index < -0.39 is 11.8 Å². The summed E-state index contributed by atoms with van der Waals surface area (Å²) in [6.45, 7) is 0. The van der Waals surface area contributed by atoms with Crippen molar-refractivity contribution in [2.45, 2.75) is 0 Å². The van der Waals surface area contributed by atoms with Crippen molar-refractivity contribution in [3.05, 3.63) is 72.1 Å². The summed E-state index contributed by atoms with van der Waals surface area (Å²) in [7, 11) is 1.46. The molecule has 0 fully saturated rings. The first kappa shape index (κ1) is 16.3. The number of anilines is 1. The molecule has 1 heterocycles. The van der Waals surface area contributed by atoms with Gasteiger partial charge in [0.2, 0.25) is 0 Å². The van der Waals surface area contributed by atoms with E-state index in [1.807, 2.05) is 6.07 Å². The van der Waals surface area contributed by atoms with Crippen LogP contribution in [0.15, 0.2) is 60.9 Å². The first-order chi connectivity index (χ1) is 12.1. The van der Waals surface area contributed by atoms with E-state index in [9.17, 15) is 14.7 Å². The van der Waals surface area contributed by atoms with Crippen molar-refractivity contribution in [2.75, 3.05) is 12.4 Å². The third-order valence-electron chi connectivity index (χ3n) is 3.53. The number of aromatic nitrogens is 2. The molecule has 126 valence electrons. The van der Waals surface area contributed by atoms with E-state index in [0.29, 0.717) is 11.4 Å². The van der Waals surface area contributed by atoms with Crippen molar-refractivity contribution in [1.82, 2.24) is 9.78 Å². The summed E-state index contributed by atoms with van der Waals surface area (Å²) in [5.74, 6) is -0.196. The van der Waals surface area contributed by atoms with Gasteiger partial charge in [-0.05, 0) is 30.3 Å². The molecule has 2 aromatic carbocycles. The van der Waals surface area contributed by atoms with Crippen molar-refractivity contribution in [3.63, 3.8) is 0 Å². The predicted molar refractivity (Wildman–Crippen MR) is 91.2 cm³/mol. The monoisotopic (exact) mass is 337 g/mol. The molecule has 0 unspecified atom stereocenters. The number of ether oxygens (including phenoxy) is 1. The van der Waals surface area contributed by atoms with Crippen LogP contribution in [0.4, 0.5) is 10.5 Å². The van der Waals surface area contributed by atoms with Gasteiger partial charge in [0, 0.05) is 11.9 Å². The van der Waals surface area contributed by atoms with Crippen LogP contribution in [0.5, 0.6) is 11.5 Å². The summed E-state index contributed by atoms with van der Waals surface area (Å²) < 4.78 is 6.08. The molecular weight excluding hydrogens is 322 g/mol. The lowest BCUT2D eigenvalue weighted by molar-refractivity contribution is 0.103. The molecule has 0 saturated heterocycles. The maximum Gasteiger partial charge on any atom is 0.346 e. The summed E-state index contributed by atoms with van der Waals surface area (Å²) in [6, 6.07) is 12.7. The standard InChI is InChI=1S/C18H15N3O4/c1-25-14-7-8-16(22)15(9-14)17(23)12-10-19-21(11-12)18(24)20-13-5-3-2-4-6-13/h2-11,22H,1H3,(H,20,24). The molecule has 0 radical (unpaired) electrons. The van der Waals surface area contributed by atoms with Gasteiger partial charge in [0.05, 0.1) is 24.4 Å². The highest BCUT2D eigenvalue weighted by atomic mass is 16.5. The van der Waals surface area contributed by atoms with Gasteiger partial charge in [0.25, 0.3) is 0 Å². The van der Waals surface area contributed by atoms with Gasteiger partial charge >= 0.3 is 6.03 Å². The third-order valence-corrected chi connectivity index (χ3v) is 3.53. The van der Waals surface area contributed by atoms with Gasteiger partial charge in [-0.1, -0.05) is 18.2 Å². The quantitative estimate of drug-likeness (QED) is 0.714. The molecule has 1 amide bonds. The highest BCUT2D eigenvalue weighted by Crippen LogP contribution is 2.25. The number of hydrogen-bond donors (Lipinski definition) is 2. The van der Waals surface area contributed by atoms with Crippen molar-refractivity contribution >= 4 is 17.5 Å². The van der Waals surface area contributed by atoms with Crippen LogP contribution in [-0.2, 0) is 0 Å². The summed E-state index contributed by atoms with van der Waals surface area (Å²) in [5.41, 5.74) is 0.857. The number of nitrogens with zero attached hydrogens (tertiary/aromatic N) is 2. The molecule has 25 heavy (non-hydrogen) atoms. The van der Waals surface area contributed by atoms with E-state index in [0.717, 1.165) is 4.68 Å². The van der Waals surface area contributed by atoms with Crippen LogP contribution in [0.3, 0.4) is 0 Å². The molecule has 0 atom stereocenters. The lowest BCUT2D eigenvalue weighted by Gasteiger charge is -2.05. The zero-order valence-corrected chi connectivity index (χ0v) is 13.3. The second kappa shape index (κ2) is 6.88. The van der Waals surface area contributed by atoms with E-state index in [2.05, 4.69) is 10.4 Å². The molecular formula is C18H15N3O4. The second-order valence-corrected chi connectivity index (χ2v) is 5.18. The fourth-order valence-corrected chi connectivity index (χ4v) is 2.23. The summed E-state index contributed by atoms with van der Waals surface area (Å²) in [4.78, 5) is 24.7. The minimum absolute atomic E-state index is 0.0716. The van der Waals surface area contributed by atoms with Crippen LogP contribution in [0, 0.1) is 0 Å². The number of methoxy groups -OCH3 is 1. The molecule has 0 aliphatic rings. The zero-order chi connectivity index (χ0) is 17.8. The van der Waals surface area contributed by atoms with Gasteiger partial charge in [0.15, 0.2) is 5.78 Å². The Labute approximate surface area is 143 Å². The third kappa shape index (κ3) is 3.50. The van der Waals surface area contributed by atoms with Crippen molar-refractivity contribution in [3.8, 4) is 11.5 Å². The first-order valence-corrected chi connectivity index (χ1v) is 7.41.